The second kappa shape index (κ2) is 4.94. The first-order chi connectivity index (χ1) is 7.27. The highest BCUT2D eigenvalue weighted by atomic mass is 79.9. The first-order valence-electron chi connectivity index (χ1n) is 5.05. The Balaban J connectivity index is 2.09. The van der Waals surface area contributed by atoms with E-state index < -0.39 is 0 Å². The van der Waals surface area contributed by atoms with Crippen LogP contribution in [0.4, 0.5) is 10.1 Å². The van der Waals surface area contributed by atoms with Crippen LogP contribution in [0, 0.1) is 5.82 Å². The summed E-state index contributed by atoms with van der Waals surface area (Å²) in [6, 6.07) is 5.18. The number of nitrogens with one attached hydrogen (secondary N) is 1. The molecule has 1 atom stereocenters. The summed E-state index contributed by atoms with van der Waals surface area (Å²) in [7, 11) is 0. The topological polar surface area (TPSA) is 21.3 Å². The average molecular weight is 274 g/mol. The largest absolute Gasteiger partial charge is 0.379 e. The molecule has 0 aliphatic carbocycles. The second-order valence-electron chi connectivity index (χ2n) is 3.66. The normalized spacial score (nSPS) is 21.3. The van der Waals surface area contributed by atoms with Crippen LogP contribution in [0.5, 0.6) is 0 Å². The quantitative estimate of drug-likeness (QED) is 0.894. The Bertz CT molecular complexity index is 319. The fourth-order valence-electron chi connectivity index (χ4n) is 1.69. The summed E-state index contributed by atoms with van der Waals surface area (Å²) in [5, 5.41) is 3.17. The molecule has 0 saturated carbocycles. The van der Waals surface area contributed by atoms with E-state index in [2.05, 4.69) is 21.2 Å². The van der Waals surface area contributed by atoms with Crippen LogP contribution in [0.2, 0.25) is 0 Å². The first-order valence-corrected chi connectivity index (χ1v) is 5.85. The van der Waals surface area contributed by atoms with Gasteiger partial charge in [0, 0.05) is 17.1 Å². The molecule has 1 fully saturated rings. The van der Waals surface area contributed by atoms with Crippen molar-refractivity contribution in [3.05, 3.63) is 28.5 Å². The molecule has 1 heterocycles. The van der Waals surface area contributed by atoms with Gasteiger partial charge in [-0.05, 0) is 40.9 Å². The van der Waals surface area contributed by atoms with Crippen molar-refractivity contribution in [1.29, 1.82) is 0 Å². The van der Waals surface area contributed by atoms with Gasteiger partial charge in [-0.1, -0.05) is 6.07 Å². The van der Waals surface area contributed by atoms with Gasteiger partial charge >= 0.3 is 0 Å². The standard InChI is InChI=1S/C11H13BrFNO/c12-9-4-1-5-10(13)11(9)14-8-3-2-6-15-7-8/h1,4-5,8,14H,2-3,6-7H2. The molecule has 1 aromatic carbocycles. The molecule has 0 bridgehead atoms. The Kier molecular flexibility index (Phi) is 3.59. The molecule has 0 aromatic heterocycles. The summed E-state index contributed by atoms with van der Waals surface area (Å²) >= 11 is 3.33. The highest BCUT2D eigenvalue weighted by molar-refractivity contribution is 9.10. The molecular weight excluding hydrogens is 261 g/mol. The van der Waals surface area contributed by atoms with Crippen LogP contribution in [0.25, 0.3) is 0 Å². The van der Waals surface area contributed by atoms with Crippen molar-refractivity contribution in [3.8, 4) is 0 Å². The van der Waals surface area contributed by atoms with E-state index in [0.29, 0.717) is 12.3 Å². The van der Waals surface area contributed by atoms with Crippen LogP contribution >= 0.6 is 15.9 Å². The van der Waals surface area contributed by atoms with Crippen molar-refractivity contribution in [3.63, 3.8) is 0 Å². The smallest absolute Gasteiger partial charge is 0.147 e. The molecule has 1 aromatic rings. The Morgan fingerprint density at radius 1 is 1.47 bits per heavy atom. The van der Waals surface area contributed by atoms with Crippen LogP contribution < -0.4 is 5.32 Å². The van der Waals surface area contributed by atoms with Crippen LogP contribution in [0.15, 0.2) is 22.7 Å². The van der Waals surface area contributed by atoms with Crippen LogP contribution in [0.1, 0.15) is 12.8 Å². The molecule has 0 radical (unpaired) electrons. The molecular formula is C11H13BrFNO. The van der Waals surface area contributed by atoms with Gasteiger partial charge in [-0.15, -0.1) is 0 Å². The molecule has 2 rings (SSSR count). The molecule has 1 N–H and O–H groups in total. The van der Waals surface area contributed by atoms with Gasteiger partial charge in [-0.3, -0.25) is 0 Å². The van der Waals surface area contributed by atoms with Crippen molar-refractivity contribution >= 4 is 21.6 Å². The lowest BCUT2D eigenvalue weighted by atomic mass is 10.1. The number of anilines is 1. The van der Waals surface area contributed by atoms with Gasteiger partial charge in [0.05, 0.1) is 12.3 Å². The van der Waals surface area contributed by atoms with Crippen LogP contribution in [0.3, 0.4) is 0 Å². The van der Waals surface area contributed by atoms with E-state index in [1.54, 1.807) is 6.07 Å². The lowest BCUT2D eigenvalue weighted by Gasteiger charge is -2.24. The Hall–Kier alpha value is -0.610. The molecule has 0 spiro atoms. The highest BCUT2D eigenvalue weighted by Crippen LogP contribution is 2.26. The van der Waals surface area contributed by atoms with Gasteiger partial charge in [0.15, 0.2) is 0 Å². The van der Waals surface area contributed by atoms with E-state index in [9.17, 15) is 4.39 Å². The molecule has 2 nitrogen and oxygen atoms in total. The monoisotopic (exact) mass is 273 g/mol. The fourth-order valence-corrected chi connectivity index (χ4v) is 2.15. The summed E-state index contributed by atoms with van der Waals surface area (Å²) in [5.41, 5.74) is 0.535. The number of ether oxygens (including phenoxy) is 1. The lowest BCUT2D eigenvalue weighted by Crippen LogP contribution is -2.30. The van der Waals surface area contributed by atoms with Crippen molar-refractivity contribution in [2.24, 2.45) is 0 Å². The minimum atomic E-state index is -0.227. The number of para-hydroxylation sites is 1. The number of hydrogen-bond donors (Lipinski definition) is 1. The van der Waals surface area contributed by atoms with Gasteiger partial charge in [0.25, 0.3) is 0 Å². The van der Waals surface area contributed by atoms with E-state index in [1.807, 2.05) is 6.07 Å². The third-order valence-electron chi connectivity index (χ3n) is 2.47. The number of rotatable bonds is 2. The molecule has 4 heteroatoms. The first kappa shape index (κ1) is 10.9. The van der Waals surface area contributed by atoms with Gasteiger partial charge in [0.1, 0.15) is 5.82 Å². The summed E-state index contributed by atoms with van der Waals surface area (Å²) in [5.74, 6) is -0.227. The lowest BCUT2D eigenvalue weighted by molar-refractivity contribution is 0.0875. The third kappa shape index (κ3) is 2.69. The molecule has 1 unspecified atom stereocenters. The van der Waals surface area contributed by atoms with Crippen LogP contribution in [-0.2, 0) is 4.74 Å². The molecule has 1 aliphatic heterocycles. The highest BCUT2D eigenvalue weighted by Gasteiger charge is 2.16. The van der Waals surface area contributed by atoms with Gasteiger partial charge in [0.2, 0.25) is 0 Å². The molecule has 1 aliphatic rings. The summed E-state index contributed by atoms with van der Waals surface area (Å²) < 4.78 is 19.6. The zero-order valence-corrected chi connectivity index (χ0v) is 9.89. The number of hydrogen-bond acceptors (Lipinski definition) is 2. The predicted molar refractivity (Wildman–Crippen MR) is 61.6 cm³/mol. The zero-order valence-electron chi connectivity index (χ0n) is 8.30. The minimum Gasteiger partial charge on any atom is -0.379 e. The molecule has 1 saturated heterocycles. The SMILES string of the molecule is Fc1cccc(Br)c1NC1CCCOC1. The summed E-state index contributed by atoms with van der Waals surface area (Å²) in [4.78, 5) is 0. The predicted octanol–water partition coefficient (Wildman–Crippen LogP) is 3.18. The maximum atomic E-state index is 13.5. The minimum absolute atomic E-state index is 0.215. The zero-order chi connectivity index (χ0) is 10.7. The Labute approximate surface area is 96.9 Å². The van der Waals surface area contributed by atoms with E-state index in [0.717, 1.165) is 23.9 Å². The second-order valence-corrected chi connectivity index (χ2v) is 4.51. The van der Waals surface area contributed by atoms with E-state index >= 15 is 0 Å². The fraction of sp³-hybridized carbons (Fsp3) is 0.455. The summed E-state index contributed by atoms with van der Waals surface area (Å²) in [6.07, 6.45) is 2.06. The van der Waals surface area contributed by atoms with Crippen LogP contribution in [-0.4, -0.2) is 19.3 Å². The van der Waals surface area contributed by atoms with Gasteiger partial charge < -0.3 is 10.1 Å². The van der Waals surface area contributed by atoms with Crippen molar-refractivity contribution in [2.75, 3.05) is 18.5 Å². The maximum absolute atomic E-state index is 13.5. The summed E-state index contributed by atoms with van der Waals surface area (Å²) in [6.45, 7) is 1.47. The van der Waals surface area contributed by atoms with Crippen molar-refractivity contribution in [1.82, 2.24) is 0 Å². The van der Waals surface area contributed by atoms with Crippen molar-refractivity contribution in [2.45, 2.75) is 18.9 Å². The molecule has 0 amide bonds. The van der Waals surface area contributed by atoms with E-state index in [-0.39, 0.29) is 11.9 Å². The van der Waals surface area contributed by atoms with Gasteiger partial charge in [-0.25, -0.2) is 4.39 Å². The Morgan fingerprint density at radius 3 is 3.00 bits per heavy atom. The van der Waals surface area contributed by atoms with E-state index in [1.165, 1.54) is 6.07 Å². The molecule has 15 heavy (non-hydrogen) atoms. The third-order valence-corrected chi connectivity index (χ3v) is 3.13. The van der Waals surface area contributed by atoms with Gasteiger partial charge in [-0.2, -0.15) is 0 Å². The maximum Gasteiger partial charge on any atom is 0.147 e. The van der Waals surface area contributed by atoms with Crippen molar-refractivity contribution < 1.29 is 9.13 Å². The number of benzene rings is 1. The van der Waals surface area contributed by atoms with E-state index in [4.69, 9.17) is 4.74 Å². The Morgan fingerprint density at radius 2 is 2.33 bits per heavy atom. The average Bonchev–Trinajstić information content (AvgIpc) is 2.25. The molecule has 82 valence electrons. The number of halogens is 2.